The topological polar surface area (TPSA) is 23.5 Å². The molecule has 0 heterocycles. The van der Waals surface area contributed by atoms with E-state index in [0.717, 1.165) is 11.3 Å². The maximum atomic E-state index is 9.01. The Labute approximate surface area is 171 Å². The molecule has 0 aliphatic rings. The van der Waals surface area contributed by atoms with Crippen LogP contribution < -0.4 is 12.1 Å². The zero-order chi connectivity index (χ0) is 18.9. The van der Waals surface area contributed by atoms with E-state index < -0.39 is 24.2 Å². The Morgan fingerprint density at radius 3 is 1.54 bits per heavy atom. The fraction of sp³-hybridized carbons (Fsp3) is 0.143. The SMILES string of the molecule is CN(C)c1ccc(C(O)Cl)cc1.[Cl][Sn]([c]1ccccc1)[c]1ccccc1. The second kappa shape index (κ2) is 10.8. The molecule has 0 fully saturated rings. The van der Waals surface area contributed by atoms with Gasteiger partial charge in [-0.3, -0.25) is 0 Å². The summed E-state index contributed by atoms with van der Waals surface area (Å²) in [6.07, 6.45) is 0. The first-order chi connectivity index (χ1) is 12.5. The third-order valence-corrected chi connectivity index (χ3v) is 11.7. The molecule has 135 valence electrons. The Bertz CT molecular complexity index is 699. The Morgan fingerprint density at radius 1 is 0.769 bits per heavy atom. The van der Waals surface area contributed by atoms with E-state index in [1.807, 2.05) is 55.4 Å². The number of hydrogen-bond acceptors (Lipinski definition) is 2. The van der Waals surface area contributed by atoms with Crippen molar-refractivity contribution in [2.24, 2.45) is 0 Å². The Morgan fingerprint density at radius 2 is 1.19 bits per heavy atom. The Kier molecular flexibility index (Phi) is 8.79. The average molecular weight is 494 g/mol. The van der Waals surface area contributed by atoms with Crippen molar-refractivity contribution in [1.82, 2.24) is 0 Å². The minimum absolute atomic E-state index is 0.724. The van der Waals surface area contributed by atoms with Gasteiger partial charge in [-0.05, 0) is 17.7 Å². The summed E-state index contributed by atoms with van der Waals surface area (Å²) < 4.78 is 2.67. The third-order valence-electron chi connectivity index (χ3n) is 3.74. The van der Waals surface area contributed by atoms with Crippen molar-refractivity contribution in [2.45, 2.75) is 5.56 Å². The molecule has 0 saturated carbocycles. The second-order valence-corrected chi connectivity index (χ2v) is 13.9. The van der Waals surface area contributed by atoms with E-state index in [2.05, 4.69) is 48.5 Å². The predicted octanol–water partition coefficient (Wildman–Crippen LogP) is 4.01. The van der Waals surface area contributed by atoms with Crippen LogP contribution in [-0.2, 0) is 0 Å². The second-order valence-electron chi connectivity index (χ2n) is 5.87. The predicted molar refractivity (Wildman–Crippen MR) is 115 cm³/mol. The summed E-state index contributed by atoms with van der Waals surface area (Å²) in [4.78, 5) is 1.99. The maximum absolute atomic E-state index is 9.01. The van der Waals surface area contributed by atoms with Gasteiger partial charge in [0, 0.05) is 19.8 Å². The minimum atomic E-state index is -2.03. The quantitative estimate of drug-likeness (QED) is 0.438. The fourth-order valence-corrected chi connectivity index (χ4v) is 7.82. The molecule has 0 amide bonds. The number of hydrogen-bond donors (Lipinski definition) is 1. The van der Waals surface area contributed by atoms with Gasteiger partial charge in [0.15, 0.2) is 5.56 Å². The van der Waals surface area contributed by atoms with E-state index in [1.165, 1.54) is 7.16 Å². The summed E-state index contributed by atoms with van der Waals surface area (Å²) >= 11 is 3.45. The van der Waals surface area contributed by atoms with Crippen LogP contribution in [0.3, 0.4) is 0 Å². The Hall–Kier alpha value is -1.20. The van der Waals surface area contributed by atoms with Crippen molar-refractivity contribution in [2.75, 3.05) is 19.0 Å². The van der Waals surface area contributed by atoms with Gasteiger partial charge in [0.25, 0.3) is 0 Å². The first-order valence-electron chi connectivity index (χ1n) is 8.21. The van der Waals surface area contributed by atoms with Crippen LogP contribution >= 0.6 is 20.5 Å². The first kappa shape index (κ1) is 21.1. The van der Waals surface area contributed by atoms with E-state index in [9.17, 15) is 0 Å². The summed E-state index contributed by atoms with van der Waals surface area (Å²) in [6, 6.07) is 28.3. The normalized spacial score (nSPS) is 11.5. The van der Waals surface area contributed by atoms with Gasteiger partial charge >= 0.3 is 95.4 Å². The Balaban J connectivity index is 0.000000190. The summed E-state index contributed by atoms with van der Waals surface area (Å²) in [5.41, 5.74) is 0.916. The van der Waals surface area contributed by atoms with Crippen molar-refractivity contribution in [3.05, 3.63) is 90.5 Å². The van der Waals surface area contributed by atoms with Crippen molar-refractivity contribution in [1.29, 1.82) is 0 Å². The van der Waals surface area contributed by atoms with Gasteiger partial charge in [-0.25, -0.2) is 0 Å². The van der Waals surface area contributed by atoms with Crippen LogP contribution in [0.15, 0.2) is 84.9 Å². The molecule has 0 aliphatic heterocycles. The van der Waals surface area contributed by atoms with Gasteiger partial charge in [-0.1, -0.05) is 23.7 Å². The number of nitrogens with zero attached hydrogens (tertiary/aromatic N) is 1. The zero-order valence-electron chi connectivity index (χ0n) is 14.8. The summed E-state index contributed by atoms with van der Waals surface area (Å²) in [5.74, 6) is 0. The van der Waals surface area contributed by atoms with Crippen molar-refractivity contribution >= 4 is 52.0 Å². The van der Waals surface area contributed by atoms with Gasteiger partial charge in [0.05, 0.1) is 0 Å². The molecular weight excluding hydrogens is 472 g/mol. The monoisotopic (exact) mass is 494 g/mol. The molecule has 3 aromatic rings. The van der Waals surface area contributed by atoms with E-state index in [4.69, 9.17) is 25.6 Å². The van der Waals surface area contributed by atoms with Gasteiger partial charge in [0.2, 0.25) is 0 Å². The molecule has 0 spiro atoms. The van der Waals surface area contributed by atoms with Crippen molar-refractivity contribution in [3.8, 4) is 0 Å². The number of rotatable bonds is 4. The third kappa shape index (κ3) is 6.51. The first-order valence-corrected chi connectivity index (χ1v) is 15.1. The van der Waals surface area contributed by atoms with Crippen LogP contribution in [0.5, 0.6) is 0 Å². The van der Waals surface area contributed by atoms with Gasteiger partial charge in [-0.2, -0.15) is 0 Å². The molecule has 3 rings (SSSR count). The molecule has 1 atom stereocenters. The summed E-state index contributed by atoms with van der Waals surface area (Å²) in [7, 11) is 10.5. The van der Waals surface area contributed by atoms with Crippen LogP contribution in [0.4, 0.5) is 5.69 Å². The van der Waals surface area contributed by atoms with E-state index in [0.29, 0.717) is 0 Å². The van der Waals surface area contributed by atoms with Gasteiger partial charge in [-0.15, -0.1) is 0 Å². The van der Waals surface area contributed by atoms with Crippen molar-refractivity contribution in [3.63, 3.8) is 0 Å². The summed E-state index contributed by atoms with van der Waals surface area (Å²) in [5, 5.41) is 9.01. The standard InChI is InChI=1S/C9H12ClNO.2C6H5.ClH.Sn/c1-11(2)8-5-3-7(4-6-8)9(10)12;2*1-2-4-6-5-3-1;;/h3-6,9,12H,1-2H3;2*1-5H;1H;/q;;;;+1/p-1. The molecule has 0 aromatic heterocycles. The van der Waals surface area contributed by atoms with E-state index >= 15 is 0 Å². The van der Waals surface area contributed by atoms with Crippen LogP contribution in [0, 0.1) is 0 Å². The molecule has 26 heavy (non-hydrogen) atoms. The number of benzene rings is 3. The van der Waals surface area contributed by atoms with Crippen LogP contribution in [0.25, 0.3) is 0 Å². The molecule has 3 aromatic carbocycles. The number of aliphatic hydroxyl groups excluding tert-OH is 1. The number of anilines is 1. The molecule has 1 N–H and O–H groups in total. The molecule has 0 saturated heterocycles. The molecule has 1 radical (unpaired) electrons. The van der Waals surface area contributed by atoms with E-state index in [1.54, 1.807) is 0 Å². The number of aliphatic hydroxyl groups is 1. The molecular formula is C21H22Cl2NOSn. The molecule has 0 aliphatic carbocycles. The molecule has 2 nitrogen and oxygen atoms in total. The molecule has 0 bridgehead atoms. The van der Waals surface area contributed by atoms with Gasteiger partial charge in [0.1, 0.15) is 0 Å². The molecule has 5 heteroatoms. The summed E-state index contributed by atoms with van der Waals surface area (Å²) in [6.45, 7) is 0. The van der Waals surface area contributed by atoms with Crippen LogP contribution in [0.2, 0.25) is 0 Å². The number of halogens is 2. The van der Waals surface area contributed by atoms with Crippen LogP contribution in [0.1, 0.15) is 11.1 Å². The molecule has 1 unspecified atom stereocenters. The average Bonchev–Trinajstić information content (AvgIpc) is 2.69. The van der Waals surface area contributed by atoms with E-state index in [-0.39, 0.29) is 0 Å². The number of alkyl halides is 1. The van der Waals surface area contributed by atoms with Crippen LogP contribution in [-0.4, -0.2) is 37.8 Å². The van der Waals surface area contributed by atoms with Gasteiger partial charge < -0.3 is 10.0 Å². The zero-order valence-corrected chi connectivity index (χ0v) is 19.2. The fourth-order valence-electron chi connectivity index (χ4n) is 2.27. The van der Waals surface area contributed by atoms with Crippen molar-refractivity contribution < 1.29 is 5.11 Å².